The molecule has 0 aromatic carbocycles. The maximum absolute atomic E-state index is 10.6. The van der Waals surface area contributed by atoms with Crippen molar-refractivity contribution in [2.24, 2.45) is 0 Å². The molecule has 0 fully saturated rings. The van der Waals surface area contributed by atoms with Gasteiger partial charge in [-0.05, 0) is 11.6 Å². The summed E-state index contributed by atoms with van der Waals surface area (Å²) in [4.78, 5) is 10.6. The van der Waals surface area contributed by atoms with Gasteiger partial charge in [-0.25, -0.2) is 4.79 Å². The van der Waals surface area contributed by atoms with Crippen molar-refractivity contribution in [3.05, 3.63) is 49.1 Å². The van der Waals surface area contributed by atoms with E-state index < -0.39 is 0 Å². The molecule has 0 N–H and O–H groups in total. The minimum atomic E-state index is -0.383. The molecule has 0 aromatic heterocycles. The van der Waals surface area contributed by atoms with Crippen molar-refractivity contribution in [1.29, 1.82) is 0 Å². The fourth-order valence-corrected chi connectivity index (χ4v) is 0.560. The number of carbonyl (C=O) groups excluding carboxylic acids is 1. The van der Waals surface area contributed by atoms with Gasteiger partial charge in [0.05, 0.1) is 7.11 Å². The fraction of sp³-hybridized carbons (Fsp3) is 0.250. The van der Waals surface area contributed by atoms with E-state index in [9.17, 15) is 4.79 Å². The number of rotatable bonds is 4. The molecule has 0 atom stereocenters. The number of methoxy groups -OCH3 is 1. The smallest absolute Gasteiger partial charge is 0.330 e. The normalized spacial score (nSPS) is 10.1. The Kier molecular flexibility index (Phi) is 12.2. The van der Waals surface area contributed by atoms with E-state index in [0.29, 0.717) is 0 Å². The average molecular weight is 194 g/mol. The third kappa shape index (κ3) is 8.53. The van der Waals surface area contributed by atoms with Crippen LogP contribution in [0.1, 0.15) is 13.8 Å². The third-order valence-corrected chi connectivity index (χ3v) is 1.16. The Labute approximate surface area is 86.3 Å². The molecule has 0 rings (SSSR count). The molecule has 0 amide bonds. The van der Waals surface area contributed by atoms with Crippen LogP contribution in [-0.2, 0) is 9.53 Å². The number of ether oxygens (including phenoxy) is 1. The second-order valence-electron chi connectivity index (χ2n) is 1.96. The van der Waals surface area contributed by atoms with Gasteiger partial charge in [-0.3, -0.25) is 0 Å². The zero-order valence-corrected chi connectivity index (χ0v) is 9.12. The van der Waals surface area contributed by atoms with Gasteiger partial charge in [-0.15, -0.1) is 0 Å². The quantitative estimate of drug-likeness (QED) is 0.390. The van der Waals surface area contributed by atoms with Gasteiger partial charge in [0.15, 0.2) is 0 Å². The Balaban J connectivity index is 0. The Morgan fingerprint density at radius 2 is 1.79 bits per heavy atom. The zero-order valence-electron chi connectivity index (χ0n) is 9.12. The first-order chi connectivity index (χ1) is 6.74. The molecule has 0 saturated heterocycles. The summed E-state index contributed by atoms with van der Waals surface area (Å²) in [5.41, 5.74) is 0.815. The van der Waals surface area contributed by atoms with Crippen molar-refractivity contribution >= 4 is 5.97 Å². The molecule has 0 bridgehead atoms. The van der Waals surface area contributed by atoms with Gasteiger partial charge in [0.2, 0.25) is 0 Å². The van der Waals surface area contributed by atoms with Crippen LogP contribution in [0.5, 0.6) is 0 Å². The number of carbonyl (C=O) groups is 1. The molecule has 0 spiro atoms. The molecule has 0 aliphatic rings. The third-order valence-electron chi connectivity index (χ3n) is 1.16. The summed E-state index contributed by atoms with van der Waals surface area (Å²) in [5, 5.41) is 0. The van der Waals surface area contributed by atoms with Crippen molar-refractivity contribution in [2.75, 3.05) is 7.11 Å². The van der Waals surface area contributed by atoms with E-state index in [2.05, 4.69) is 17.9 Å². The molecule has 0 aliphatic carbocycles. The largest absolute Gasteiger partial charge is 0.466 e. The number of esters is 1. The van der Waals surface area contributed by atoms with Crippen LogP contribution in [0.25, 0.3) is 0 Å². The lowest BCUT2D eigenvalue weighted by molar-refractivity contribution is -0.134. The van der Waals surface area contributed by atoms with E-state index in [-0.39, 0.29) is 5.97 Å². The summed E-state index contributed by atoms with van der Waals surface area (Å²) >= 11 is 0. The number of allylic oxidation sites excluding steroid dienone is 5. The maximum atomic E-state index is 10.6. The molecule has 0 unspecified atom stereocenters. The second-order valence-corrected chi connectivity index (χ2v) is 1.96. The molecule has 0 saturated carbocycles. The van der Waals surface area contributed by atoms with Crippen molar-refractivity contribution in [2.45, 2.75) is 13.8 Å². The van der Waals surface area contributed by atoms with Crippen LogP contribution in [0.3, 0.4) is 0 Å². The van der Waals surface area contributed by atoms with E-state index in [1.807, 2.05) is 13.8 Å². The molecule has 0 heterocycles. The molecular formula is C12H18O2. The van der Waals surface area contributed by atoms with Crippen LogP contribution < -0.4 is 0 Å². The number of hydrogen-bond donors (Lipinski definition) is 0. The van der Waals surface area contributed by atoms with Crippen molar-refractivity contribution < 1.29 is 9.53 Å². The predicted molar refractivity (Wildman–Crippen MR) is 61.0 cm³/mol. The van der Waals surface area contributed by atoms with E-state index in [1.165, 1.54) is 13.2 Å². The summed E-state index contributed by atoms with van der Waals surface area (Å²) in [6, 6.07) is 0. The Bertz CT molecular complexity index is 235. The molecule has 14 heavy (non-hydrogen) atoms. The van der Waals surface area contributed by atoms with Crippen LogP contribution in [0.2, 0.25) is 0 Å². The monoisotopic (exact) mass is 194 g/mol. The van der Waals surface area contributed by atoms with Gasteiger partial charge in [0.25, 0.3) is 0 Å². The van der Waals surface area contributed by atoms with Crippen LogP contribution in [0, 0.1) is 0 Å². The highest BCUT2D eigenvalue weighted by atomic mass is 16.5. The fourth-order valence-electron chi connectivity index (χ4n) is 0.560. The highest BCUT2D eigenvalue weighted by Crippen LogP contribution is 1.98. The van der Waals surface area contributed by atoms with Crippen LogP contribution in [0.15, 0.2) is 49.1 Å². The second kappa shape index (κ2) is 11.4. The molecule has 0 aromatic rings. The lowest BCUT2D eigenvalue weighted by Crippen LogP contribution is -1.93. The van der Waals surface area contributed by atoms with Gasteiger partial charge in [-0.2, -0.15) is 0 Å². The van der Waals surface area contributed by atoms with Gasteiger partial charge in [-0.1, -0.05) is 45.2 Å². The van der Waals surface area contributed by atoms with Gasteiger partial charge in [0, 0.05) is 6.08 Å². The Hall–Kier alpha value is -1.57. The standard InChI is InChI=1S/C10H12O2.C2H6/c1-4-6-9(5-2)7-8-10(11)12-3;1-2/h4-8H,1-2H2,3H3;1-2H3/b8-7+,9-6+;. The Morgan fingerprint density at radius 1 is 1.21 bits per heavy atom. The summed E-state index contributed by atoms with van der Waals surface area (Å²) in [7, 11) is 1.33. The summed E-state index contributed by atoms with van der Waals surface area (Å²) in [6.07, 6.45) is 7.93. The summed E-state index contributed by atoms with van der Waals surface area (Å²) in [5.74, 6) is -0.383. The van der Waals surface area contributed by atoms with Gasteiger partial charge in [0.1, 0.15) is 0 Å². The minimum absolute atomic E-state index is 0.383. The maximum Gasteiger partial charge on any atom is 0.330 e. The predicted octanol–water partition coefficient (Wildman–Crippen LogP) is 3.04. The van der Waals surface area contributed by atoms with E-state index in [4.69, 9.17) is 0 Å². The molecule has 2 nitrogen and oxygen atoms in total. The van der Waals surface area contributed by atoms with Crippen LogP contribution in [-0.4, -0.2) is 13.1 Å². The molecule has 78 valence electrons. The molecular weight excluding hydrogens is 176 g/mol. The average Bonchev–Trinajstić information content (AvgIpc) is 2.26. The first-order valence-corrected chi connectivity index (χ1v) is 4.45. The summed E-state index contributed by atoms with van der Waals surface area (Å²) < 4.78 is 4.41. The van der Waals surface area contributed by atoms with Crippen molar-refractivity contribution in [3.63, 3.8) is 0 Å². The lowest BCUT2D eigenvalue weighted by atomic mass is 10.2. The summed E-state index contributed by atoms with van der Waals surface area (Å²) in [6.45, 7) is 11.1. The topological polar surface area (TPSA) is 26.3 Å². The van der Waals surface area contributed by atoms with Gasteiger partial charge < -0.3 is 4.74 Å². The molecule has 0 aliphatic heterocycles. The Morgan fingerprint density at radius 3 is 2.14 bits per heavy atom. The lowest BCUT2D eigenvalue weighted by Gasteiger charge is -1.90. The van der Waals surface area contributed by atoms with Crippen LogP contribution >= 0.6 is 0 Å². The highest BCUT2D eigenvalue weighted by molar-refractivity contribution is 5.82. The first kappa shape index (κ1) is 14.9. The molecule has 2 heteroatoms. The van der Waals surface area contributed by atoms with E-state index in [1.54, 1.807) is 24.3 Å². The SMILES string of the molecule is C=C/C=C(C=C)/C=C/C(=O)OC.CC. The minimum Gasteiger partial charge on any atom is -0.466 e. The number of hydrogen-bond acceptors (Lipinski definition) is 2. The highest BCUT2D eigenvalue weighted by Gasteiger charge is 1.89. The first-order valence-electron chi connectivity index (χ1n) is 4.45. The van der Waals surface area contributed by atoms with Gasteiger partial charge >= 0.3 is 5.97 Å². The van der Waals surface area contributed by atoms with Crippen molar-refractivity contribution in [3.8, 4) is 0 Å². The van der Waals surface area contributed by atoms with Crippen LogP contribution in [0.4, 0.5) is 0 Å². The van der Waals surface area contributed by atoms with Crippen molar-refractivity contribution in [1.82, 2.24) is 0 Å². The zero-order chi connectivity index (χ0) is 11.4. The van der Waals surface area contributed by atoms with E-state index in [0.717, 1.165) is 5.57 Å². The molecule has 0 radical (unpaired) electrons. The van der Waals surface area contributed by atoms with E-state index >= 15 is 0 Å².